The molecule has 0 saturated carbocycles. The van der Waals surface area contributed by atoms with Crippen LogP contribution in [-0.2, 0) is 0 Å². The highest BCUT2D eigenvalue weighted by Crippen LogP contribution is 2.28. The van der Waals surface area contributed by atoms with Gasteiger partial charge in [0, 0.05) is 0 Å². The fourth-order valence-corrected chi connectivity index (χ4v) is 1.19. The molecule has 0 aliphatic carbocycles. The molecule has 0 spiro atoms. The summed E-state index contributed by atoms with van der Waals surface area (Å²) in [5.74, 6) is -0.495. The smallest absolute Gasteiger partial charge is 0.302 e. The van der Waals surface area contributed by atoms with Crippen molar-refractivity contribution in [2.75, 3.05) is 5.73 Å². The highest BCUT2D eigenvalue weighted by Gasteiger charge is 2.22. The molecule has 0 atom stereocenters. The van der Waals surface area contributed by atoms with E-state index in [0.29, 0.717) is 0 Å². The van der Waals surface area contributed by atoms with Crippen LogP contribution in [0.3, 0.4) is 0 Å². The van der Waals surface area contributed by atoms with Crippen molar-refractivity contribution in [2.24, 2.45) is 0 Å². The molecule has 6 nitrogen and oxygen atoms in total. The molecule has 2 N–H and O–H groups in total. The number of carbonyl (C=O) groups excluding carboxylic acids is 1. The fourth-order valence-electron chi connectivity index (χ4n) is 1.19. The van der Waals surface area contributed by atoms with Gasteiger partial charge in [-0.15, -0.1) is 0 Å². The van der Waals surface area contributed by atoms with Crippen LogP contribution in [0, 0.1) is 21.4 Å². The third-order valence-electron chi connectivity index (χ3n) is 1.83. The number of nitrogens with zero attached hydrogens (tertiary/aromatic N) is 2. The van der Waals surface area contributed by atoms with Crippen molar-refractivity contribution in [3.05, 3.63) is 33.4 Å². The lowest BCUT2D eigenvalue weighted by atomic mass is 10.0. The fraction of sp³-hybridized carbons (Fsp3) is 0.111. The van der Waals surface area contributed by atoms with Crippen LogP contribution in [0.1, 0.15) is 22.8 Å². The van der Waals surface area contributed by atoms with Crippen LogP contribution in [-0.4, -0.2) is 10.7 Å². The van der Waals surface area contributed by atoms with E-state index in [1.165, 1.54) is 13.0 Å². The molecular formula is C9H7N3O3. The van der Waals surface area contributed by atoms with E-state index in [9.17, 15) is 14.9 Å². The average molecular weight is 205 g/mol. The van der Waals surface area contributed by atoms with Gasteiger partial charge >= 0.3 is 5.69 Å². The number of nitro benzene ring substituents is 1. The SMILES string of the molecule is CC(=O)c1cc(C#N)cc(N)c1[N+](=O)[O-]. The summed E-state index contributed by atoms with van der Waals surface area (Å²) in [6, 6.07) is 4.11. The molecular weight excluding hydrogens is 198 g/mol. The summed E-state index contributed by atoms with van der Waals surface area (Å²) in [7, 11) is 0. The number of Topliss-reactive ketones (excluding diaryl/α,β-unsaturated/α-hetero) is 1. The van der Waals surface area contributed by atoms with Gasteiger partial charge in [-0.25, -0.2) is 0 Å². The Labute approximate surface area is 85.1 Å². The van der Waals surface area contributed by atoms with Gasteiger partial charge in [0.2, 0.25) is 0 Å². The molecule has 0 bridgehead atoms. The Morgan fingerprint density at radius 2 is 2.20 bits per heavy atom. The quantitative estimate of drug-likeness (QED) is 0.338. The van der Waals surface area contributed by atoms with Gasteiger partial charge in [-0.1, -0.05) is 0 Å². The first kappa shape index (κ1) is 10.7. The van der Waals surface area contributed by atoms with Gasteiger partial charge in [-0.3, -0.25) is 14.9 Å². The van der Waals surface area contributed by atoms with Gasteiger partial charge in [0.1, 0.15) is 5.69 Å². The molecule has 15 heavy (non-hydrogen) atoms. The second-order valence-electron chi connectivity index (χ2n) is 2.89. The zero-order valence-corrected chi connectivity index (χ0v) is 7.85. The first-order valence-corrected chi connectivity index (χ1v) is 3.96. The van der Waals surface area contributed by atoms with E-state index in [1.54, 1.807) is 6.07 Å². The molecule has 6 heteroatoms. The lowest BCUT2D eigenvalue weighted by Gasteiger charge is -2.02. The molecule has 0 unspecified atom stereocenters. The number of anilines is 1. The van der Waals surface area contributed by atoms with Crippen molar-refractivity contribution in [2.45, 2.75) is 6.92 Å². The van der Waals surface area contributed by atoms with E-state index < -0.39 is 16.4 Å². The second kappa shape index (κ2) is 3.75. The van der Waals surface area contributed by atoms with Crippen LogP contribution in [0.15, 0.2) is 12.1 Å². The van der Waals surface area contributed by atoms with E-state index in [1.807, 2.05) is 0 Å². The van der Waals surface area contributed by atoms with Gasteiger partial charge in [0.15, 0.2) is 5.78 Å². The molecule has 0 amide bonds. The summed E-state index contributed by atoms with van der Waals surface area (Å²) < 4.78 is 0. The number of nitro groups is 1. The van der Waals surface area contributed by atoms with Crippen molar-refractivity contribution in [3.63, 3.8) is 0 Å². The number of rotatable bonds is 2. The first-order valence-electron chi connectivity index (χ1n) is 3.96. The normalized spacial score (nSPS) is 9.33. The summed E-state index contributed by atoms with van der Waals surface area (Å²) in [4.78, 5) is 21.0. The van der Waals surface area contributed by atoms with Crippen LogP contribution in [0.5, 0.6) is 0 Å². The Hall–Kier alpha value is -2.42. The molecule has 1 aromatic rings. The Morgan fingerprint density at radius 1 is 1.60 bits per heavy atom. The minimum atomic E-state index is -0.729. The van der Waals surface area contributed by atoms with Crippen molar-refractivity contribution < 1.29 is 9.72 Å². The van der Waals surface area contributed by atoms with Crippen molar-refractivity contribution in [3.8, 4) is 6.07 Å². The molecule has 0 aliphatic rings. The van der Waals surface area contributed by atoms with Gasteiger partial charge in [0.05, 0.1) is 22.1 Å². The third-order valence-corrected chi connectivity index (χ3v) is 1.83. The molecule has 0 heterocycles. The summed E-state index contributed by atoms with van der Waals surface area (Å²) in [6.45, 7) is 1.18. The largest absolute Gasteiger partial charge is 0.393 e. The van der Waals surface area contributed by atoms with Gasteiger partial charge in [-0.05, 0) is 19.1 Å². The molecule has 0 aliphatic heterocycles. The Bertz CT molecular complexity index is 488. The highest BCUT2D eigenvalue weighted by molar-refractivity contribution is 6.00. The third kappa shape index (κ3) is 1.91. The van der Waals surface area contributed by atoms with E-state index >= 15 is 0 Å². The summed E-state index contributed by atoms with van der Waals surface area (Å²) >= 11 is 0. The van der Waals surface area contributed by atoms with E-state index in [0.717, 1.165) is 6.07 Å². The van der Waals surface area contributed by atoms with E-state index in [2.05, 4.69) is 0 Å². The van der Waals surface area contributed by atoms with Crippen LogP contribution in [0.2, 0.25) is 0 Å². The first-order chi connectivity index (χ1) is 6.97. The van der Waals surface area contributed by atoms with Gasteiger partial charge < -0.3 is 5.73 Å². The van der Waals surface area contributed by atoms with Crippen LogP contribution >= 0.6 is 0 Å². The Balaban J connectivity index is 3.58. The summed E-state index contributed by atoms with van der Waals surface area (Å²) in [5.41, 5.74) is 4.76. The Kier molecular flexibility index (Phi) is 2.67. The number of nitrogens with two attached hydrogens (primary N) is 1. The molecule has 0 saturated heterocycles. The highest BCUT2D eigenvalue weighted by atomic mass is 16.6. The molecule has 0 aromatic heterocycles. The lowest BCUT2D eigenvalue weighted by molar-refractivity contribution is -0.384. The monoisotopic (exact) mass is 205 g/mol. The number of hydrogen-bond donors (Lipinski definition) is 1. The summed E-state index contributed by atoms with van der Waals surface area (Å²) in [6.07, 6.45) is 0. The van der Waals surface area contributed by atoms with Crippen molar-refractivity contribution in [1.29, 1.82) is 5.26 Å². The molecule has 76 valence electrons. The molecule has 0 radical (unpaired) electrons. The number of ketones is 1. The maximum absolute atomic E-state index is 11.1. The van der Waals surface area contributed by atoms with Gasteiger partial charge in [-0.2, -0.15) is 5.26 Å². The van der Waals surface area contributed by atoms with E-state index in [-0.39, 0.29) is 16.8 Å². The lowest BCUT2D eigenvalue weighted by Crippen LogP contribution is -2.04. The molecule has 0 fully saturated rings. The number of nitriles is 1. The second-order valence-corrected chi connectivity index (χ2v) is 2.89. The van der Waals surface area contributed by atoms with E-state index in [4.69, 9.17) is 11.0 Å². The number of benzene rings is 1. The minimum absolute atomic E-state index is 0.128. The maximum atomic E-state index is 11.1. The Morgan fingerprint density at radius 3 is 2.60 bits per heavy atom. The topological polar surface area (TPSA) is 110 Å². The van der Waals surface area contributed by atoms with Crippen LogP contribution in [0.4, 0.5) is 11.4 Å². The standard InChI is InChI=1S/C9H7N3O3/c1-5(13)7-2-6(4-10)3-8(11)9(7)12(14)15/h2-3H,11H2,1H3. The molecule has 1 rings (SSSR count). The zero-order valence-electron chi connectivity index (χ0n) is 7.85. The van der Waals surface area contributed by atoms with Crippen molar-refractivity contribution >= 4 is 17.2 Å². The average Bonchev–Trinajstić information content (AvgIpc) is 2.15. The van der Waals surface area contributed by atoms with Crippen molar-refractivity contribution in [1.82, 2.24) is 0 Å². The molecule has 1 aromatic carbocycles. The minimum Gasteiger partial charge on any atom is -0.393 e. The maximum Gasteiger partial charge on any atom is 0.302 e. The van der Waals surface area contributed by atoms with Crippen LogP contribution in [0.25, 0.3) is 0 Å². The number of hydrogen-bond acceptors (Lipinski definition) is 5. The van der Waals surface area contributed by atoms with Gasteiger partial charge in [0.25, 0.3) is 0 Å². The van der Waals surface area contributed by atoms with Crippen LogP contribution < -0.4 is 5.73 Å². The number of carbonyl (C=O) groups is 1. The zero-order chi connectivity index (χ0) is 11.6. The number of nitrogen functional groups attached to an aromatic ring is 1. The summed E-state index contributed by atoms with van der Waals surface area (Å²) in [5, 5.41) is 19.2. The predicted molar refractivity (Wildman–Crippen MR) is 52.2 cm³/mol. The predicted octanol–water partition coefficient (Wildman–Crippen LogP) is 1.25.